The highest BCUT2D eigenvalue weighted by atomic mass is 19.1. The quantitative estimate of drug-likeness (QED) is 0.733. The third kappa shape index (κ3) is 3.23. The molecule has 114 valence electrons. The summed E-state index contributed by atoms with van der Waals surface area (Å²) in [6, 6.07) is 17.0. The lowest BCUT2D eigenvalue weighted by Crippen LogP contribution is -2.02. The normalized spacial score (nSPS) is 10.3. The van der Waals surface area contributed by atoms with Crippen molar-refractivity contribution in [2.24, 2.45) is 0 Å². The Balaban J connectivity index is 1.87. The molecular formula is C18H14FN3O. The Hall–Kier alpha value is -3.08. The summed E-state index contributed by atoms with van der Waals surface area (Å²) in [6.45, 7) is 1.51. The molecule has 23 heavy (non-hydrogen) atoms. The topological polar surface area (TPSA) is 54.9 Å². The molecule has 0 aliphatic carbocycles. The summed E-state index contributed by atoms with van der Waals surface area (Å²) in [5.41, 5.74) is 2.09. The van der Waals surface area contributed by atoms with Crippen LogP contribution in [0.2, 0.25) is 0 Å². The average molecular weight is 307 g/mol. The van der Waals surface area contributed by atoms with Crippen molar-refractivity contribution in [3.8, 4) is 11.3 Å². The van der Waals surface area contributed by atoms with Crippen molar-refractivity contribution in [1.29, 1.82) is 0 Å². The van der Waals surface area contributed by atoms with Crippen LogP contribution in [0.1, 0.15) is 17.3 Å². The highest BCUT2D eigenvalue weighted by Crippen LogP contribution is 2.23. The number of Topliss-reactive ketones (excluding diaryl/α,β-unsaturated/α-hetero) is 1. The molecule has 0 saturated heterocycles. The van der Waals surface area contributed by atoms with Crippen LogP contribution in [0.5, 0.6) is 0 Å². The van der Waals surface area contributed by atoms with E-state index in [1.165, 1.54) is 13.0 Å². The molecule has 2 aromatic carbocycles. The number of carbonyl (C=O) groups excluding carboxylic acids is 1. The first-order valence-corrected chi connectivity index (χ1v) is 7.11. The maximum atomic E-state index is 13.7. The number of para-hydroxylation sites is 1. The maximum absolute atomic E-state index is 13.7. The first-order chi connectivity index (χ1) is 11.1. The van der Waals surface area contributed by atoms with Gasteiger partial charge in [0, 0.05) is 11.1 Å². The highest BCUT2D eigenvalue weighted by molar-refractivity contribution is 6.00. The number of hydrogen-bond acceptors (Lipinski definition) is 4. The Kier molecular flexibility index (Phi) is 4.10. The molecule has 0 radical (unpaired) electrons. The summed E-state index contributed by atoms with van der Waals surface area (Å²) in [6.07, 6.45) is 0. The molecule has 1 aromatic heterocycles. The van der Waals surface area contributed by atoms with Crippen LogP contribution in [-0.2, 0) is 0 Å². The van der Waals surface area contributed by atoms with E-state index in [1.54, 1.807) is 48.5 Å². The second kappa shape index (κ2) is 6.36. The van der Waals surface area contributed by atoms with E-state index in [4.69, 9.17) is 0 Å². The number of carbonyl (C=O) groups is 1. The van der Waals surface area contributed by atoms with E-state index in [0.29, 0.717) is 28.3 Å². The minimum atomic E-state index is -0.343. The van der Waals surface area contributed by atoms with Crippen molar-refractivity contribution < 1.29 is 9.18 Å². The molecule has 4 nitrogen and oxygen atoms in total. The number of ketones is 1. The van der Waals surface area contributed by atoms with Crippen LogP contribution in [0.25, 0.3) is 11.3 Å². The molecule has 0 amide bonds. The summed E-state index contributed by atoms with van der Waals surface area (Å²) in [7, 11) is 0. The van der Waals surface area contributed by atoms with Crippen molar-refractivity contribution in [3.63, 3.8) is 0 Å². The minimum Gasteiger partial charge on any atom is -0.338 e. The van der Waals surface area contributed by atoms with E-state index in [2.05, 4.69) is 15.5 Å². The zero-order chi connectivity index (χ0) is 16.2. The van der Waals surface area contributed by atoms with E-state index >= 15 is 0 Å². The van der Waals surface area contributed by atoms with Crippen LogP contribution >= 0.6 is 0 Å². The maximum Gasteiger partial charge on any atom is 0.161 e. The summed E-state index contributed by atoms with van der Waals surface area (Å²) in [4.78, 5) is 11.6. The Morgan fingerprint density at radius 3 is 2.39 bits per heavy atom. The summed E-state index contributed by atoms with van der Waals surface area (Å²) in [5, 5.41) is 11.2. The largest absolute Gasteiger partial charge is 0.338 e. The van der Waals surface area contributed by atoms with Gasteiger partial charge >= 0.3 is 0 Å². The lowest BCUT2D eigenvalue weighted by molar-refractivity contribution is 0.101. The van der Waals surface area contributed by atoms with Crippen molar-refractivity contribution in [3.05, 3.63) is 72.0 Å². The van der Waals surface area contributed by atoms with Gasteiger partial charge in [0.2, 0.25) is 0 Å². The van der Waals surface area contributed by atoms with Crippen molar-refractivity contribution >= 4 is 17.3 Å². The Morgan fingerprint density at radius 1 is 0.957 bits per heavy atom. The fourth-order valence-electron chi connectivity index (χ4n) is 2.25. The number of rotatable bonds is 4. The van der Waals surface area contributed by atoms with Crippen LogP contribution in [0.15, 0.2) is 60.7 Å². The molecule has 0 atom stereocenters. The zero-order valence-corrected chi connectivity index (χ0v) is 12.5. The lowest BCUT2D eigenvalue weighted by atomic mass is 10.1. The lowest BCUT2D eigenvalue weighted by Gasteiger charge is -2.09. The molecule has 1 heterocycles. The second-order valence-corrected chi connectivity index (χ2v) is 5.01. The number of anilines is 2. The number of benzene rings is 2. The predicted molar refractivity (Wildman–Crippen MR) is 87.2 cm³/mol. The summed E-state index contributed by atoms with van der Waals surface area (Å²) in [5.74, 6) is 0.104. The van der Waals surface area contributed by atoms with Gasteiger partial charge in [-0.25, -0.2) is 4.39 Å². The van der Waals surface area contributed by atoms with Crippen LogP contribution in [0.4, 0.5) is 15.9 Å². The summed E-state index contributed by atoms with van der Waals surface area (Å²) >= 11 is 0. The van der Waals surface area contributed by atoms with Gasteiger partial charge in [0.15, 0.2) is 11.6 Å². The number of nitrogens with zero attached hydrogens (tertiary/aromatic N) is 2. The fraction of sp³-hybridized carbons (Fsp3) is 0.0556. The molecule has 3 rings (SSSR count). The van der Waals surface area contributed by atoms with Gasteiger partial charge in [0.05, 0.1) is 11.4 Å². The van der Waals surface area contributed by atoms with E-state index < -0.39 is 0 Å². The molecule has 0 bridgehead atoms. The van der Waals surface area contributed by atoms with Gasteiger partial charge in [0.1, 0.15) is 5.82 Å². The molecule has 1 N–H and O–H groups in total. The second-order valence-electron chi connectivity index (χ2n) is 5.01. The third-order valence-electron chi connectivity index (χ3n) is 3.38. The molecule has 0 spiro atoms. The standard InChI is InChI=1S/C18H14FN3O/c1-12(23)13-6-3-5-9-16(13)20-18-11-10-17(21-22-18)14-7-2-4-8-15(14)19/h2-11H,1H3,(H,20,22). The molecule has 0 unspecified atom stereocenters. The first-order valence-electron chi connectivity index (χ1n) is 7.11. The number of nitrogens with one attached hydrogen (secondary N) is 1. The van der Waals surface area contributed by atoms with Gasteiger partial charge in [-0.2, -0.15) is 0 Å². The Bertz CT molecular complexity index is 847. The smallest absolute Gasteiger partial charge is 0.161 e. The number of halogens is 1. The molecule has 3 aromatic rings. The molecule has 5 heteroatoms. The van der Waals surface area contributed by atoms with Crippen LogP contribution in [0, 0.1) is 5.82 Å². The average Bonchev–Trinajstić information content (AvgIpc) is 2.56. The van der Waals surface area contributed by atoms with E-state index in [1.807, 2.05) is 6.07 Å². The summed E-state index contributed by atoms with van der Waals surface area (Å²) < 4.78 is 13.7. The van der Waals surface area contributed by atoms with Crippen molar-refractivity contribution in [2.45, 2.75) is 6.92 Å². The van der Waals surface area contributed by atoms with E-state index in [0.717, 1.165) is 0 Å². The van der Waals surface area contributed by atoms with Gasteiger partial charge < -0.3 is 5.32 Å². The van der Waals surface area contributed by atoms with Gasteiger partial charge in [-0.15, -0.1) is 10.2 Å². The first kappa shape index (κ1) is 14.8. The Labute approximate surface area is 133 Å². The molecule has 0 aliphatic heterocycles. The van der Waals surface area contributed by atoms with Crippen LogP contribution in [0.3, 0.4) is 0 Å². The van der Waals surface area contributed by atoms with Crippen molar-refractivity contribution in [1.82, 2.24) is 10.2 Å². The monoisotopic (exact) mass is 307 g/mol. The van der Waals surface area contributed by atoms with Crippen molar-refractivity contribution in [2.75, 3.05) is 5.32 Å². The number of aromatic nitrogens is 2. The molecule has 0 aliphatic rings. The number of hydrogen-bond donors (Lipinski definition) is 1. The third-order valence-corrected chi connectivity index (χ3v) is 3.38. The Morgan fingerprint density at radius 2 is 1.70 bits per heavy atom. The van der Waals surface area contributed by atoms with E-state index in [-0.39, 0.29) is 11.6 Å². The zero-order valence-electron chi connectivity index (χ0n) is 12.5. The molecule has 0 saturated carbocycles. The fourth-order valence-corrected chi connectivity index (χ4v) is 2.25. The molecule has 0 fully saturated rings. The van der Waals surface area contributed by atoms with Gasteiger partial charge in [-0.05, 0) is 43.3 Å². The minimum absolute atomic E-state index is 0.0379. The molecular weight excluding hydrogens is 293 g/mol. The SMILES string of the molecule is CC(=O)c1ccccc1Nc1ccc(-c2ccccc2F)nn1. The van der Waals surface area contributed by atoms with Crippen LogP contribution in [-0.4, -0.2) is 16.0 Å². The van der Waals surface area contributed by atoms with E-state index in [9.17, 15) is 9.18 Å². The predicted octanol–water partition coefficient (Wildman–Crippen LogP) is 4.23. The van der Waals surface area contributed by atoms with Crippen LogP contribution < -0.4 is 5.32 Å². The van der Waals surface area contributed by atoms with Gasteiger partial charge in [-0.3, -0.25) is 4.79 Å². The van der Waals surface area contributed by atoms with Gasteiger partial charge in [-0.1, -0.05) is 24.3 Å². The highest BCUT2D eigenvalue weighted by Gasteiger charge is 2.09. The van der Waals surface area contributed by atoms with Gasteiger partial charge in [0.25, 0.3) is 0 Å².